The Morgan fingerprint density at radius 2 is 1.67 bits per heavy atom. The highest BCUT2D eigenvalue weighted by Crippen LogP contribution is 2.69. The van der Waals surface area contributed by atoms with Crippen LogP contribution in [-0.2, 0) is 107 Å². The Bertz CT molecular complexity index is 829. The first-order valence-corrected chi connectivity index (χ1v) is 25.1. The summed E-state index contributed by atoms with van der Waals surface area (Å²) in [6.45, 7) is 0.961. The van der Waals surface area contributed by atoms with Crippen molar-refractivity contribution in [3.63, 3.8) is 0 Å². The molecule has 1 saturated heterocycles. The van der Waals surface area contributed by atoms with Crippen molar-refractivity contribution >= 4 is 138 Å². The first-order valence-electron chi connectivity index (χ1n) is 6.58. The van der Waals surface area contributed by atoms with E-state index in [9.17, 15) is 9.59 Å². The summed E-state index contributed by atoms with van der Waals surface area (Å²) in [6, 6.07) is 0. The summed E-state index contributed by atoms with van der Waals surface area (Å²) >= 11 is 14.7. The number of amides is 2. The van der Waals surface area contributed by atoms with E-state index in [0.717, 1.165) is 14.1 Å². The molecule has 0 radical (unpaired) electrons. The number of ether oxygens (including phenoxy) is 1. The number of methoxy groups -OCH3 is 1. The molecule has 0 saturated carbocycles. The molecular weight excluding hydrogens is 617 g/mol. The second-order valence-electron chi connectivity index (χ2n) is 4.13. The lowest BCUT2D eigenvalue weighted by atomic mass is 9.97. The summed E-state index contributed by atoms with van der Waals surface area (Å²) in [5.74, 6) is -0.356. The van der Waals surface area contributed by atoms with E-state index in [0.29, 0.717) is 25.9 Å². The molecule has 1 fully saturated rings. The predicted molar refractivity (Wildman–Crippen MR) is 147 cm³/mol. The van der Waals surface area contributed by atoms with E-state index in [1.54, 1.807) is 49.3 Å². The second-order valence-corrected chi connectivity index (χ2v) is 30.0. The lowest BCUT2D eigenvalue weighted by Crippen LogP contribution is -2.41. The monoisotopic (exact) mass is 630 g/mol. The number of nitrogens with two attached hydrogens (primary N) is 1. The molecule has 1 aliphatic rings. The second kappa shape index (κ2) is 20.2. The van der Waals surface area contributed by atoms with E-state index in [1.807, 2.05) is 9.50 Å². The third-order valence-electron chi connectivity index (χ3n) is 2.75. The van der Waals surface area contributed by atoms with Crippen LogP contribution in [0.2, 0.25) is 0 Å². The average Bonchev–Trinajstić information content (AvgIpc) is 2.70. The minimum Gasteiger partial charge on any atom is -0.453 e. The van der Waals surface area contributed by atoms with Gasteiger partial charge in [0.15, 0.2) is 0 Å². The first kappa shape index (κ1) is 29.3. The third-order valence-corrected chi connectivity index (χ3v) is 36.5. The zero-order valence-corrected chi connectivity index (χ0v) is 25.3. The Balaban J connectivity index is 0.000000501. The van der Waals surface area contributed by atoms with Crippen LogP contribution in [0.25, 0.3) is 0 Å². The van der Waals surface area contributed by atoms with Crippen molar-refractivity contribution in [2.24, 2.45) is 11.7 Å². The molecule has 2 N–H and O–H groups in total. The van der Waals surface area contributed by atoms with Gasteiger partial charge in [-0.1, -0.05) is 23.6 Å². The van der Waals surface area contributed by atoms with Crippen LogP contribution >= 0.6 is 28.1 Å². The molecule has 0 atom stereocenters. The maximum atomic E-state index is 11.0. The summed E-state index contributed by atoms with van der Waals surface area (Å²) in [5, 5.41) is 0. The third kappa shape index (κ3) is 15.7. The molecule has 0 aromatic heterocycles. The number of carbonyl (C=O) groups excluding carboxylic acids is 2. The zero-order valence-electron chi connectivity index (χ0n) is 13.5. The van der Waals surface area contributed by atoms with Gasteiger partial charge in [0.2, 0.25) is 5.91 Å². The van der Waals surface area contributed by atoms with Crippen LogP contribution in [0.4, 0.5) is 4.79 Å². The maximum absolute atomic E-state index is 11.0. The molecular formula is C8H14N2O3P4S10. The van der Waals surface area contributed by atoms with Crippen molar-refractivity contribution in [3.8, 4) is 0 Å². The lowest BCUT2D eigenvalue weighted by Gasteiger charge is -2.29. The highest BCUT2D eigenvalue weighted by Gasteiger charge is 2.25. The van der Waals surface area contributed by atoms with Gasteiger partial charge in [-0.15, -0.1) is 0 Å². The Morgan fingerprint density at radius 1 is 1.11 bits per heavy atom. The van der Waals surface area contributed by atoms with Gasteiger partial charge in [0, 0.05) is 40.1 Å². The van der Waals surface area contributed by atoms with Crippen LogP contribution in [0.3, 0.4) is 0 Å². The van der Waals surface area contributed by atoms with E-state index in [2.05, 4.69) is 4.74 Å². The van der Waals surface area contributed by atoms with Gasteiger partial charge >= 0.3 is 6.09 Å². The number of hydrogen-bond donors (Lipinski definition) is 1. The molecule has 19 heteroatoms. The fourth-order valence-electron chi connectivity index (χ4n) is 1.62. The van der Waals surface area contributed by atoms with E-state index in [-0.39, 0.29) is 24.9 Å². The van der Waals surface area contributed by atoms with Crippen LogP contribution in [0.5, 0.6) is 0 Å². The molecule has 27 heavy (non-hydrogen) atoms. The van der Waals surface area contributed by atoms with Gasteiger partial charge in [0.1, 0.15) is 0 Å². The van der Waals surface area contributed by atoms with Crippen LogP contribution < -0.4 is 5.73 Å². The topological polar surface area (TPSA) is 72.6 Å². The summed E-state index contributed by atoms with van der Waals surface area (Å²) in [7, 11) is 16.6. The SMILES string of the molecule is COC(=O)N1CCC(C(N)=O)CC1.S=PP(P=S)P=S=S=S=S=S=S=S=S. The number of likely N-dealkylation sites (tertiary alicyclic amines) is 1. The summed E-state index contributed by atoms with van der Waals surface area (Å²) in [4.78, 5) is 23.4. The van der Waals surface area contributed by atoms with Gasteiger partial charge in [0.25, 0.3) is 0 Å². The van der Waals surface area contributed by atoms with Gasteiger partial charge in [-0.05, 0) is 86.8 Å². The minimum absolute atomic E-state index is 0.0825. The van der Waals surface area contributed by atoms with Crippen LogP contribution in [-0.4, -0.2) is 37.1 Å². The number of primary amides is 1. The van der Waals surface area contributed by atoms with Gasteiger partial charge in [-0.25, -0.2) is 4.79 Å². The van der Waals surface area contributed by atoms with Crippen molar-refractivity contribution in [1.82, 2.24) is 4.90 Å². The maximum Gasteiger partial charge on any atom is 0.409 e. The molecule has 0 aliphatic carbocycles. The summed E-state index contributed by atoms with van der Waals surface area (Å²) in [6.07, 6.45) is 0.956. The van der Waals surface area contributed by atoms with Gasteiger partial charge in [0.05, 0.1) is 14.1 Å². The molecule has 0 aromatic rings. The molecule has 154 valence electrons. The number of nitrogens with zero attached hydrogens (tertiary/aromatic N) is 1. The fourth-order valence-corrected chi connectivity index (χ4v) is 36.9. The Kier molecular flexibility index (Phi) is 21.9. The van der Waals surface area contributed by atoms with E-state index >= 15 is 0 Å². The average molecular weight is 631 g/mol. The molecule has 5 nitrogen and oxygen atoms in total. The highest BCUT2D eigenvalue weighted by atomic mass is 33.4. The Labute approximate surface area is 199 Å². The number of hydrogen-bond acceptors (Lipinski definition) is 6. The molecule has 1 heterocycles. The molecule has 1 rings (SSSR count). The normalized spacial score (nSPS) is 14.9. The van der Waals surface area contributed by atoms with Crippen molar-refractivity contribution in [2.75, 3.05) is 20.2 Å². The van der Waals surface area contributed by atoms with Crippen molar-refractivity contribution < 1.29 is 14.3 Å². The van der Waals surface area contributed by atoms with Gasteiger partial charge < -0.3 is 15.4 Å². The number of piperidine rings is 1. The standard InChI is InChI=1S/C8H14N2O3.P4S10/c1-13-8(12)10-4-2-6(3-5-10)7(9)11;5-1-4(2-6)3-8-10-12-14-13-11-9-7/h6H,2-5H2,1H3,(H2,9,11);. The quantitative estimate of drug-likeness (QED) is 0.481. The molecule has 0 bridgehead atoms. The zero-order chi connectivity index (χ0) is 20.5. The molecule has 0 unspecified atom stereocenters. The smallest absolute Gasteiger partial charge is 0.409 e. The number of rotatable bonds is 4. The van der Waals surface area contributed by atoms with Crippen LogP contribution in [0.15, 0.2) is 0 Å². The van der Waals surface area contributed by atoms with Gasteiger partial charge in [-0.2, -0.15) is 0 Å². The minimum atomic E-state index is -0.331. The number of carbonyl (C=O) groups is 2. The van der Waals surface area contributed by atoms with E-state index < -0.39 is 0 Å². The predicted octanol–water partition coefficient (Wildman–Crippen LogP) is 3.37. The summed E-state index contributed by atoms with van der Waals surface area (Å²) in [5.41, 5.74) is 5.15. The van der Waals surface area contributed by atoms with Gasteiger partial charge in [-0.3, -0.25) is 4.79 Å². The van der Waals surface area contributed by atoms with E-state index in [1.165, 1.54) is 23.0 Å². The fraction of sp³-hybridized carbons (Fsp3) is 0.750. The Morgan fingerprint density at radius 3 is 2.15 bits per heavy atom. The lowest BCUT2D eigenvalue weighted by molar-refractivity contribution is -0.123. The summed E-state index contributed by atoms with van der Waals surface area (Å²) < 4.78 is 4.56. The molecule has 0 aromatic carbocycles. The van der Waals surface area contributed by atoms with Crippen LogP contribution in [0.1, 0.15) is 12.8 Å². The largest absolute Gasteiger partial charge is 0.453 e. The van der Waals surface area contributed by atoms with E-state index in [4.69, 9.17) is 40.5 Å². The molecule has 1 aliphatic heterocycles. The highest BCUT2D eigenvalue weighted by molar-refractivity contribution is 8.87. The Hall–Kier alpha value is 2.27. The van der Waals surface area contributed by atoms with Crippen LogP contribution in [0, 0.1) is 5.92 Å². The molecule has 0 spiro atoms. The van der Waals surface area contributed by atoms with Crippen molar-refractivity contribution in [1.29, 1.82) is 0 Å². The first-order chi connectivity index (χ1) is 13.0. The van der Waals surface area contributed by atoms with Crippen molar-refractivity contribution in [3.05, 3.63) is 0 Å². The van der Waals surface area contributed by atoms with Crippen molar-refractivity contribution in [2.45, 2.75) is 12.8 Å². The molecule has 2 amide bonds.